The van der Waals surface area contributed by atoms with Gasteiger partial charge >= 0.3 is 5.97 Å². The van der Waals surface area contributed by atoms with Gasteiger partial charge < -0.3 is 14.1 Å². The Balaban J connectivity index is 1.90. The number of carbonyl (C=O) groups excluding carboxylic acids is 2. The van der Waals surface area contributed by atoms with Gasteiger partial charge in [-0.1, -0.05) is 41.9 Å². The van der Waals surface area contributed by atoms with Crippen LogP contribution < -0.4 is 0 Å². The van der Waals surface area contributed by atoms with E-state index in [0.29, 0.717) is 21.6 Å². The smallest absolute Gasteiger partial charge is 0.375 e. The number of rotatable bonds is 4. The van der Waals surface area contributed by atoms with Gasteiger partial charge in [-0.15, -0.1) is 0 Å². The highest BCUT2D eigenvalue weighted by Crippen LogP contribution is 2.26. The maximum Gasteiger partial charge on any atom is 0.375 e. The van der Waals surface area contributed by atoms with Crippen LogP contribution >= 0.6 is 11.6 Å². The predicted molar refractivity (Wildman–Crippen MR) is 94.5 cm³/mol. The summed E-state index contributed by atoms with van der Waals surface area (Å²) in [5, 5.41) is 1.23. The van der Waals surface area contributed by atoms with Crippen molar-refractivity contribution in [1.29, 1.82) is 0 Å². The van der Waals surface area contributed by atoms with Crippen LogP contribution in [0.1, 0.15) is 22.2 Å². The first kappa shape index (κ1) is 17.0. The average Bonchev–Trinajstić information content (AvgIpc) is 3.02. The lowest BCUT2D eigenvalue weighted by molar-refractivity contribution is -0.138. The Hall–Kier alpha value is -2.79. The second-order valence-corrected chi connectivity index (χ2v) is 6.16. The summed E-state index contributed by atoms with van der Waals surface area (Å²) in [4.78, 5) is 26.3. The van der Waals surface area contributed by atoms with Crippen LogP contribution in [0.2, 0.25) is 5.02 Å². The number of hydrogen-bond acceptors (Lipinski definition) is 4. The quantitative estimate of drug-likeness (QED) is 0.660. The highest BCUT2D eigenvalue weighted by atomic mass is 35.5. The summed E-state index contributed by atoms with van der Waals surface area (Å²) in [5.74, 6) is -1.03. The molecule has 0 spiro atoms. The fraction of sp³-hybridized carbons (Fsp3) is 0.158. The average molecular weight is 358 g/mol. The molecule has 0 radical (unpaired) electrons. The van der Waals surface area contributed by atoms with Gasteiger partial charge in [0.05, 0.1) is 0 Å². The zero-order valence-electron chi connectivity index (χ0n) is 13.7. The van der Waals surface area contributed by atoms with E-state index in [4.69, 9.17) is 20.8 Å². The molecule has 1 atom stereocenters. The molecule has 3 aromatic rings. The van der Waals surface area contributed by atoms with Gasteiger partial charge in [0, 0.05) is 30.1 Å². The summed E-state index contributed by atoms with van der Waals surface area (Å²) in [6.45, 7) is 0. The van der Waals surface area contributed by atoms with Crippen molar-refractivity contribution in [2.75, 3.05) is 14.1 Å². The molecule has 0 aliphatic heterocycles. The van der Waals surface area contributed by atoms with E-state index in [2.05, 4.69) is 0 Å². The highest BCUT2D eigenvalue weighted by Gasteiger charge is 2.28. The standard InChI is InChI=1S/C19H16ClNO4/c1-21(2)18(22)17(12-6-4-3-5-7-12)25-19(23)16-11-13-10-14(20)8-9-15(13)24-16/h3-11,17H,1-2H3. The molecule has 0 N–H and O–H groups in total. The SMILES string of the molecule is CN(C)C(=O)C(OC(=O)c1cc2cc(Cl)ccc2o1)c1ccccc1. The van der Waals surface area contributed by atoms with Gasteiger partial charge in [-0.3, -0.25) is 4.79 Å². The molecule has 128 valence electrons. The zero-order valence-corrected chi connectivity index (χ0v) is 14.5. The van der Waals surface area contributed by atoms with Crippen LogP contribution in [-0.4, -0.2) is 30.9 Å². The summed E-state index contributed by atoms with van der Waals surface area (Å²) < 4.78 is 11.0. The number of nitrogens with zero attached hydrogens (tertiary/aromatic N) is 1. The normalized spacial score (nSPS) is 12.0. The molecule has 25 heavy (non-hydrogen) atoms. The van der Waals surface area contributed by atoms with E-state index >= 15 is 0 Å². The predicted octanol–water partition coefficient (Wildman–Crippen LogP) is 4.07. The van der Waals surface area contributed by atoms with Gasteiger partial charge in [0.1, 0.15) is 5.58 Å². The van der Waals surface area contributed by atoms with Crippen molar-refractivity contribution in [3.8, 4) is 0 Å². The monoisotopic (exact) mass is 357 g/mol. The van der Waals surface area contributed by atoms with Crippen molar-refractivity contribution in [3.63, 3.8) is 0 Å². The van der Waals surface area contributed by atoms with E-state index in [-0.39, 0.29) is 11.7 Å². The first-order chi connectivity index (χ1) is 12.0. The van der Waals surface area contributed by atoms with E-state index in [9.17, 15) is 9.59 Å². The van der Waals surface area contributed by atoms with Crippen LogP contribution in [0.15, 0.2) is 59.0 Å². The molecule has 0 aliphatic rings. The number of benzene rings is 2. The third kappa shape index (κ3) is 3.67. The molecule has 0 aliphatic carbocycles. The first-order valence-electron chi connectivity index (χ1n) is 7.62. The molecule has 1 aromatic heterocycles. The van der Waals surface area contributed by atoms with Gasteiger partial charge in [-0.25, -0.2) is 4.79 Å². The number of carbonyl (C=O) groups is 2. The van der Waals surface area contributed by atoms with Gasteiger partial charge in [-0.2, -0.15) is 0 Å². The lowest BCUT2D eigenvalue weighted by Crippen LogP contribution is -2.31. The minimum atomic E-state index is -1.04. The zero-order chi connectivity index (χ0) is 18.0. The Morgan fingerprint density at radius 1 is 1.08 bits per heavy atom. The van der Waals surface area contributed by atoms with Gasteiger partial charge in [0.15, 0.2) is 0 Å². The number of likely N-dealkylation sites (N-methyl/N-ethyl adjacent to an activating group) is 1. The molecule has 5 nitrogen and oxygen atoms in total. The van der Waals surface area contributed by atoms with E-state index in [1.807, 2.05) is 6.07 Å². The van der Waals surface area contributed by atoms with Crippen LogP contribution in [0, 0.1) is 0 Å². The Kier molecular flexibility index (Phi) is 4.76. The Morgan fingerprint density at radius 2 is 1.80 bits per heavy atom. The third-order valence-electron chi connectivity index (χ3n) is 3.67. The molecular weight excluding hydrogens is 342 g/mol. The summed E-state index contributed by atoms with van der Waals surface area (Å²) in [7, 11) is 3.21. The number of esters is 1. The highest BCUT2D eigenvalue weighted by molar-refractivity contribution is 6.31. The number of fused-ring (bicyclic) bond motifs is 1. The summed E-state index contributed by atoms with van der Waals surface area (Å²) >= 11 is 5.94. The maximum absolute atomic E-state index is 12.5. The van der Waals surface area contributed by atoms with E-state index < -0.39 is 12.1 Å². The van der Waals surface area contributed by atoms with Gasteiger partial charge in [-0.05, 0) is 24.3 Å². The van der Waals surface area contributed by atoms with Crippen molar-refractivity contribution >= 4 is 34.4 Å². The van der Waals surface area contributed by atoms with Crippen LogP contribution in [-0.2, 0) is 9.53 Å². The Morgan fingerprint density at radius 3 is 2.48 bits per heavy atom. The number of amides is 1. The number of furan rings is 1. The second kappa shape index (κ2) is 6.99. The van der Waals surface area contributed by atoms with Crippen molar-refractivity contribution < 1.29 is 18.7 Å². The summed E-state index contributed by atoms with van der Waals surface area (Å²) in [6.07, 6.45) is -1.04. The van der Waals surface area contributed by atoms with Crippen LogP contribution in [0.5, 0.6) is 0 Å². The van der Waals surface area contributed by atoms with E-state index in [1.165, 1.54) is 4.90 Å². The topological polar surface area (TPSA) is 59.8 Å². The fourth-order valence-corrected chi connectivity index (χ4v) is 2.58. The van der Waals surface area contributed by atoms with Crippen LogP contribution in [0.3, 0.4) is 0 Å². The molecule has 6 heteroatoms. The maximum atomic E-state index is 12.5. The van der Waals surface area contributed by atoms with Gasteiger partial charge in [0.2, 0.25) is 11.9 Å². The van der Waals surface area contributed by atoms with Crippen molar-refractivity contribution in [2.24, 2.45) is 0 Å². The Bertz CT molecular complexity index is 918. The molecule has 0 bridgehead atoms. The molecule has 0 saturated carbocycles. The lowest BCUT2D eigenvalue weighted by atomic mass is 10.1. The molecule has 1 heterocycles. The van der Waals surface area contributed by atoms with Crippen molar-refractivity contribution in [3.05, 3.63) is 70.9 Å². The molecule has 0 saturated heterocycles. The van der Waals surface area contributed by atoms with E-state index in [0.717, 1.165) is 0 Å². The van der Waals surface area contributed by atoms with E-state index in [1.54, 1.807) is 62.6 Å². The number of halogens is 1. The second-order valence-electron chi connectivity index (χ2n) is 5.72. The number of hydrogen-bond donors (Lipinski definition) is 0. The lowest BCUT2D eigenvalue weighted by Gasteiger charge is -2.20. The third-order valence-corrected chi connectivity index (χ3v) is 3.91. The summed E-state index contributed by atoms with van der Waals surface area (Å²) in [6, 6.07) is 15.4. The largest absolute Gasteiger partial charge is 0.449 e. The minimum Gasteiger partial charge on any atom is -0.449 e. The van der Waals surface area contributed by atoms with Crippen LogP contribution in [0.4, 0.5) is 0 Å². The molecule has 0 fully saturated rings. The minimum absolute atomic E-state index is 0.0183. The summed E-state index contributed by atoms with van der Waals surface area (Å²) in [5.41, 5.74) is 1.11. The Labute approximate surface area is 149 Å². The molecule has 1 amide bonds. The fourth-order valence-electron chi connectivity index (χ4n) is 2.40. The molecule has 1 unspecified atom stereocenters. The molecular formula is C19H16ClNO4. The van der Waals surface area contributed by atoms with Crippen LogP contribution in [0.25, 0.3) is 11.0 Å². The number of ether oxygens (including phenoxy) is 1. The van der Waals surface area contributed by atoms with Gasteiger partial charge in [0.25, 0.3) is 5.91 Å². The first-order valence-corrected chi connectivity index (χ1v) is 7.99. The van der Waals surface area contributed by atoms with Crippen molar-refractivity contribution in [2.45, 2.75) is 6.10 Å². The molecule has 2 aromatic carbocycles. The van der Waals surface area contributed by atoms with Crippen molar-refractivity contribution in [1.82, 2.24) is 4.90 Å². The molecule has 3 rings (SSSR count).